The van der Waals surface area contributed by atoms with E-state index in [1.807, 2.05) is 26.0 Å². The van der Waals surface area contributed by atoms with Crippen molar-refractivity contribution < 1.29 is 17.7 Å². The fourth-order valence-electron chi connectivity index (χ4n) is 3.09. The molecule has 0 saturated carbocycles. The first-order valence-electron chi connectivity index (χ1n) is 8.96. The molecule has 0 aliphatic heterocycles. The van der Waals surface area contributed by atoms with Gasteiger partial charge >= 0.3 is 0 Å². The fourth-order valence-corrected chi connectivity index (χ4v) is 4.94. The SMILES string of the molecule is CCCCN(CC(=O)Nc1cc(C)on1)S(=O)(=O)c1c(C)cc(C)cc1C. The molecular weight excluding hydrogens is 366 g/mol. The summed E-state index contributed by atoms with van der Waals surface area (Å²) in [7, 11) is -3.80. The molecule has 0 spiro atoms. The van der Waals surface area contributed by atoms with Gasteiger partial charge in [-0.05, 0) is 45.2 Å². The average Bonchev–Trinajstić information content (AvgIpc) is 2.94. The van der Waals surface area contributed by atoms with Crippen molar-refractivity contribution in [3.8, 4) is 0 Å². The van der Waals surface area contributed by atoms with Crippen LogP contribution in [-0.2, 0) is 14.8 Å². The van der Waals surface area contributed by atoms with E-state index in [4.69, 9.17) is 4.52 Å². The van der Waals surface area contributed by atoms with Gasteiger partial charge in [0.15, 0.2) is 5.82 Å². The van der Waals surface area contributed by atoms with Gasteiger partial charge in [-0.25, -0.2) is 8.42 Å². The predicted octanol–water partition coefficient (Wildman–Crippen LogP) is 3.34. The molecule has 2 rings (SSSR count). The van der Waals surface area contributed by atoms with E-state index in [-0.39, 0.29) is 23.8 Å². The van der Waals surface area contributed by atoms with Crippen LogP contribution in [0.3, 0.4) is 0 Å². The lowest BCUT2D eigenvalue weighted by atomic mass is 10.1. The molecule has 0 unspecified atom stereocenters. The van der Waals surface area contributed by atoms with Crippen LogP contribution < -0.4 is 5.32 Å². The highest BCUT2D eigenvalue weighted by Crippen LogP contribution is 2.25. The van der Waals surface area contributed by atoms with E-state index in [1.54, 1.807) is 26.8 Å². The summed E-state index contributed by atoms with van der Waals surface area (Å²) in [6.45, 7) is 9.18. The lowest BCUT2D eigenvalue weighted by Crippen LogP contribution is -2.39. The zero-order valence-corrected chi connectivity index (χ0v) is 17.3. The van der Waals surface area contributed by atoms with Gasteiger partial charge in [-0.2, -0.15) is 4.31 Å². The Labute approximate surface area is 160 Å². The summed E-state index contributed by atoms with van der Waals surface area (Å²) in [6.07, 6.45) is 1.49. The molecule has 1 heterocycles. The van der Waals surface area contributed by atoms with E-state index in [9.17, 15) is 13.2 Å². The fraction of sp³-hybridized carbons (Fsp3) is 0.474. The molecule has 0 radical (unpaired) electrons. The zero-order chi connectivity index (χ0) is 20.2. The number of sulfonamides is 1. The van der Waals surface area contributed by atoms with Gasteiger partial charge in [-0.15, -0.1) is 0 Å². The molecule has 1 N–H and O–H groups in total. The first-order chi connectivity index (χ1) is 12.6. The van der Waals surface area contributed by atoms with Crippen LogP contribution in [-0.4, -0.2) is 36.9 Å². The molecule has 0 aliphatic carbocycles. The first kappa shape index (κ1) is 21.1. The number of hydrogen-bond donors (Lipinski definition) is 1. The topological polar surface area (TPSA) is 92.5 Å². The second-order valence-electron chi connectivity index (χ2n) is 6.79. The third-order valence-corrected chi connectivity index (χ3v) is 6.33. The van der Waals surface area contributed by atoms with Gasteiger partial charge in [-0.1, -0.05) is 36.2 Å². The Hall–Kier alpha value is -2.19. The zero-order valence-electron chi connectivity index (χ0n) is 16.5. The highest BCUT2D eigenvalue weighted by atomic mass is 32.2. The maximum absolute atomic E-state index is 13.3. The summed E-state index contributed by atoms with van der Waals surface area (Å²) in [6, 6.07) is 5.27. The van der Waals surface area contributed by atoms with Crippen LogP contribution in [0.15, 0.2) is 27.6 Å². The van der Waals surface area contributed by atoms with Crippen LogP contribution in [0.4, 0.5) is 5.82 Å². The Balaban J connectivity index is 2.30. The van der Waals surface area contributed by atoms with E-state index < -0.39 is 15.9 Å². The number of nitrogens with one attached hydrogen (secondary N) is 1. The van der Waals surface area contributed by atoms with Gasteiger partial charge in [0, 0.05) is 12.6 Å². The number of unbranched alkanes of at least 4 members (excludes halogenated alkanes) is 1. The quantitative estimate of drug-likeness (QED) is 0.742. The summed E-state index contributed by atoms with van der Waals surface area (Å²) in [5.41, 5.74) is 2.37. The smallest absolute Gasteiger partial charge is 0.244 e. The summed E-state index contributed by atoms with van der Waals surface area (Å²) in [4.78, 5) is 12.7. The number of aryl methyl sites for hydroxylation is 4. The lowest BCUT2D eigenvalue weighted by Gasteiger charge is -2.23. The molecule has 2 aromatic rings. The predicted molar refractivity (Wildman–Crippen MR) is 104 cm³/mol. The summed E-state index contributed by atoms with van der Waals surface area (Å²) in [5, 5.41) is 6.29. The van der Waals surface area contributed by atoms with Crippen molar-refractivity contribution in [1.82, 2.24) is 9.46 Å². The molecule has 148 valence electrons. The number of carbonyl (C=O) groups is 1. The first-order valence-corrected chi connectivity index (χ1v) is 10.4. The number of carbonyl (C=O) groups excluding carboxylic acids is 1. The monoisotopic (exact) mass is 393 g/mol. The van der Waals surface area contributed by atoms with Gasteiger partial charge in [0.1, 0.15) is 5.76 Å². The van der Waals surface area contributed by atoms with Gasteiger partial charge in [0.2, 0.25) is 15.9 Å². The Bertz CT molecular complexity index is 896. The van der Waals surface area contributed by atoms with Gasteiger partial charge in [0.25, 0.3) is 0 Å². The number of nitrogens with zero attached hydrogens (tertiary/aromatic N) is 2. The summed E-state index contributed by atoms with van der Waals surface area (Å²) < 4.78 is 32.7. The van der Waals surface area contributed by atoms with Crippen molar-refractivity contribution in [1.29, 1.82) is 0 Å². The average molecular weight is 394 g/mol. The molecule has 7 nitrogen and oxygen atoms in total. The number of hydrogen-bond acceptors (Lipinski definition) is 5. The van der Waals surface area contributed by atoms with E-state index in [0.717, 1.165) is 12.0 Å². The molecule has 8 heteroatoms. The maximum atomic E-state index is 13.3. The van der Waals surface area contributed by atoms with Gasteiger partial charge in [-0.3, -0.25) is 4.79 Å². The number of anilines is 1. The molecule has 27 heavy (non-hydrogen) atoms. The van der Waals surface area contributed by atoms with E-state index in [2.05, 4.69) is 10.5 Å². The number of aromatic nitrogens is 1. The number of amides is 1. The Morgan fingerprint density at radius 1 is 1.15 bits per heavy atom. The van der Waals surface area contributed by atoms with Crippen LogP contribution in [0.5, 0.6) is 0 Å². The van der Waals surface area contributed by atoms with Crippen molar-refractivity contribution in [2.24, 2.45) is 0 Å². The molecule has 0 saturated heterocycles. The standard InChI is InChI=1S/C19H27N3O4S/c1-6-7-8-22(12-18(23)20-17-11-16(5)26-21-17)27(24,25)19-14(3)9-13(2)10-15(19)4/h9-11H,6-8,12H2,1-5H3,(H,20,21,23). The number of benzene rings is 1. The third kappa shape index (κ3) is 5.17. The molecule has 0 bridgehead atoms. The van der Waals surface area contributed by atoms with Crippen LogP contribution in [0, 0.1) is 27.7 Å². The minimum atomic E-state index is -3.80. The minimum absolute atomic E-state index is 0.271. The Kier molecular flexibility index (Phi) is 6.78. The van der Waals surface area contributed by atoms with Crippen molar-refractivity contribution in [3.63, 3.8) is 0 Å². The highest BCUT2D eigenvalue weighted by molar-refractivity contribution is 7.89. The third-order valence-electron chi connectivity index (χ3n) is 4.18. The van der Waals surface area contributed by atoms with Gasteiger partial charge < -0.3 is 9.84 Å². The van der Waals surface area contributed by atoms with Crippen LogP contribution in [0.2, 0.25) is 0 Å². The molecule has 1 aromatic carbocycles. The van der Waals surface area contributed by atoms with E-state index in [1.165, 1.54) is 4.31 Å². The lowest BCUT2D eigenvalue weighted by molar-refractivity contribution is -0.116. The molecule has 0 aliphatic rings. The largest absolute Gasteiger partial charge is 0.360 e. The van der Waals surface area contributed by atoms with Crippen molar-refractivity contribution in [2.75, 3.05) is 18.4 Å². The van der Waals surface area contributed by atoms with Crippen LogP contribution in [0.1, 0.15) is 42.2 Å². The molecular formula is C19H27N3O4S. The second kappa shape index (κ2) is 8.67. The minimum Gasteiger partial charge on any atom is -0.360 e. The van der Waals surface area contributed by atoms with Crippen molar-refractivity contribution in [3.05, 3.63) is 40.6 Å². The van der Waals surface area contributed by atoms with Gasteiger partial charge in [0.05, 0.1) is 11.4 Å². The molecule has 0 fully saturated rings. The summed E-state index contributed by atoms with van der Waals surface area (Å²) in [5.74, 6) is 0.380. The molecule has 0 atom stereocenters. The highest BCUT2D eigenvalue weighted by Gasteiger charge is 2.29. The molecule has 1 aromatic heterocycles. The number of rotatable bonds is 8. The van der Waals surface area contributed by atoms with Crippen molar-refractivity contribution >= 4 is 21.7 Å². The maximum Gasteiger partial charge on any atom is 0.244 e. The van der Waals surface area contributed by atoms with Crippen molar-refractivity contribution in [2.45, 2.75) is 52.4 Å². The van der Waals surface area contributed by atoms with Crippen LogP contribution >= 0.6 is 0 Å². The Morgan fingerprint density at radius 2 is 1.78 bits per heavy atom. The van der Waals surface area contributed by atoms with E-state index in [0.29, 0.717) is 23.3 Å². The van der Waals surface area contributed by atoms with Crippen LogP contribution in [0.25, 0.3) is 0 Å². The Morgan fingerprint density at radius 3 is 2.30 bits per heavy atom. The summed E-state index contributed by atoms with van der Waals surface area (Å²) >= 11 is 0. The van der Waals surface area contributed by atoms with E-state index >= 15 is 0 Å². The molecule has 1 amide bonds. The second-order valence-corrected chi connectivity index (χ2v) is 8.67. The normalized spacial score (nSPS) is 11.8.